The number of hydrogen-bond donors (Lipinski definition) is 2. The molecule has 1 unspecified atom stereocenters. The maximum absolute atomic E-state index is 11.5. The SMILES string of the molecule is O=S(O)N(c1ccc(O)c(Cl)c1)N1CCSCC1. The van der Waals surface area contributed by atoms with Crippen molar-refractivity contribution in [2.24, 2.45) is 0 Å². The fourth-order valence-corrected chi connectivity index (χ4v) is 3.42. The second-order valence-electron chi connectivity index (χ2n) is 3.71. The predicted octanol–water partition coefficient (Wildman–Crippen LogP) is 1.95. The van der Waals surface area contributed by atoms with Crippen molar-refractivity contribution in [3.05, 3.63) is 23.2 Å². The summed E-state index contributed by atoms with van der Waals surface area (Å²) in [6.07, 6.45) is 0. The zero-order chi connectivity index (χ0) is 13.1. The van der Waals surface area contributed by atoms with Crippen LogP contribution < -0.4 is 4.41 Å². The topological polar surface area (TPSA) is 64.0 Å². The number of thioether (sulfide) groups is 1. The van der Waals surface area contributed by atoms with Gasteiger partial charge in [-0.2, -0.15) is 16.2 Å². The number of phenolic OH excluding ortho intramolecular Hbond substituents is 1. The van der Waals surface area contributed by atoms with Gasteiger partial charge in [0.2, 0.25) is 0 Å². The van der Waals surface area contributed by atoms with E-state index in [2.05, 4.69) is 0 Å². The van der Waals surface area contributed by atoms with Crippen molar-refractivity contribution in [1.29, 1.82) is 0 Å². The van der Waals surface area contributed by atoms with Crippen molar-refractivity contribution in [2.45, 2.75) is 0 Å². The van der Waals surface area contributed by atoms with E-state index < -0.39 is 11.3 Å². The summed E-state index contributed by atoms with van der Waals surface area (Å²) in [6, 6.07) is 4.46. The number of hydrogen-bond acceptors (Lipinski definition) is 4. The van der Waals surface area contributed by atoms with Crippen molar-refractivity contribution in [1.82, 2.24) is 5.01 Å². The molecule has 2 rings (SSSR count). The Morgan fingerprint density at radius 2 is 2.06 bits per heavy atom. The van der Waals surface area contributed by atoms with Crippen LogP contribution in [0.25, 0.3) is 0 Å². The van der Waals surface area contributed by atoms with Gasteiger partial charge in [-0.1, -0.05) is 11.6 Å². The van der Waals surface area contributed by atoms with Crippen LogP contribution in [0.15, 0.2) is 18.2 Å². The van der Waals surface area contributed by atoms with Gasteiger partial charge in [-0.05, 0) is 18.2 Å². The van der Waals surface area contributed by atoms with Crippen LogP contribution in [-0.2, 0) is 11.3 Å². The Balaban J connectivity index is 2.28. The van der Waals surface area contributed by atoms with E-state index in [0.717, 1.165) is 11.5 Å². The third-order valence-corrected chi connectivity index (χ3v) is 4.53. The molecule has 2 N–H and O–H groups in total. The molecule has 1 aromatic carbocycles. The molecule has 0 spiro atoms. The highest BCUT2D eigenvalue weighted by Crippen LogP contribution is 2.30. The summed E-state index contributed by atoms with van der Waals surface area (Å²) in [5.74, 6) is 1.79. The largest absolute Gasteiger partial charge is 0.506 e. The summed E-state index contributed by atoms with van der Waals surface area (Å²) in [6.45, 7) is 1.41. The molecule has 0 saturated carbocycles. The third-order valence-electron chi connectivity index (χ3n) is 2.54. The molecule has 18 heavy (non-hydrogen) atoms. The Morgan fingerprint density at radius 3 is 2.61 bits per heavy atom. The first-order valence-electron chi connectivity index (χ1n) is 5.32. The minimum absolute atomic E-state index is 0.0433. The molecule has 0 bridgehead atoms. The predicted molar refractivity (Wildman–Crippen MR) is 75.3 cm³/mol. The van der Waals surface area contributed by atoms with Crippen LogP contribution in [0.4, 0.5) is 5.69 Å². The van der Waals surface area contributed by atoms with Gasteiger partial charge >= 0.3 is 0 Å². The van der Waals surface area contributed by atoms with E-state index in [1.165, 1.54) is 16.5 Å². The van der Waals surface area contributed by atoms with Crippen molar-refractivity contribution in [3.63, 3.8) is 0 Å². The summed E-state index contributed by atoms with van der Waals surface area (Å²) >= 11 is 5.48. The quantitative estimate of drug-likeness (QED) is 0.836. The van der Waals surface area contributed by atoms with E-state index in [1.807, 2.05) is 16.8 Å². The van der Waals surface area contributed by atoms with Gasteiger partial charge in [0, 0.05) is 24.6 Å². The first-order valence-corrected chi connectivity index (χ1v) is 7.91. The molecule has 0 aromatic heterocycles. The highest BCUT2D eigenvalue weighted by Gasteiger charge is 2.23. The lowest BCUT2D eigenvalue weighted by Crippen LogP contribution is -2.48. The van der Waals surface area contributed by atoms with Crippen molar-refractivity contribution >= 4 is 40.3 Å². The number of anilines is 1. The lowest BCUT2D eigenvalue weighted by atomic mass is 10.3. The molecule has 1 aliphatic rings. The van der Waals surface area contributed by atoms with E-state index in [4.69, 9.17) is 11.6 Å². The van der Waals surface area contributed by atoms with E-state index in [-0.39, 0.29) is 10.8 Å². The highest BCUT2D eigenvalue weighted by atomic mass is 35.5. The van der Waals surface area contributed by atoms with Gasteiger partial charge in [0.15, 0.2) is 0 Å². The molecule has 8 heteroatoms. The van der Waals surface area contributed by atoms with Gasteiger partial charge in [0.1, 0.15) is 5.75 Å². The van der Waals surface area contributed by atoms with Crippen LogP contribution in [0.5, 0.6) is 5.75 Å². The Labute approximate surface area is 117 Å². The fraction of sp³-hybridized carbons (Fsp3) is 0.400. The van der Waals surface area contributed by atoms with Gasteiger partial charge in [-0.25, -0.2) is 9.22 Å². The van der Waals surface area contributed by atoms with Crippen LogP contribution in [0.3, 0.4) is 0 Å². The smallest absolute Gasteiger partial charge is 0.277 e. The fourth-order valence-electron chi connectivity index (χ4n) is 1.70. The zero-order valence-electron chi connectivity index (χ0n) is 9.45. The average molecular weight is 309 g/mol. The Bertz CT molecular complexity index is 455. The number of aromatic hydroxyl groups is 1. The van der Waals surface area contributed by atoms with Gasteiger partial charge in [-0.15, -0.1) is 0 Å². The molecular weight excluding hydrogens is 296 g/mol. The van der Waals surface area contributed by atoms with Gasteiger partial charge in [0.05, 0.1) is 10.7 Å². The molecule has 1 heterocycles. The maximum Gasteiger partial charge on any atom is 0.277 e. The number of benzene rings is 1. The van der Waals surface area contributed by atoms with Crippen molar-refractivity contribution < 1.29 is 13.9 Å². The number of halogens is 1. The normalized spacial score (nSPS) is 18.6. The summed E-state index contributed by atoms with van der Waals surface area (Å²) < 4.78 is 22.2. The van der Waals surface area contributed by atoms with E-state index >= 15 is 0 Å². The molecule has 100 valence electrons. The highest BCUT2D eigenvalue weighted by molar-refractivity contribution is 7.99. The summed E-state index contributed by atoms with van der Waals surface area (Å²) in [5, 5.41) is 11.3. The third kappa shape index (κ3) is 3.10. The van der Waals surface area contributed by atoms with E-state index in [0.29, 0.717) is 18.8 Å². The van der Waals surface area contributed by atoms with Crippen LogP contribution in [0.1, 0.15) is 0 Å². The molecule has 1 aromatic rings. The van der Waals surface area contributed by atoms with Crippen LogP contribution in [0, 0.1) is 0 Å². The monoisotopic (exact) mass is 308 g/mol. The molecule has 1 fully saturated rings. The van der Waals surface area contributed by atoms with Crippen molar-refractivity contribution in [3.8, 4) is 5.75 Å². The average Bonchev–Trinajstić information content (AvgIpc) is 2.35. The molecule has 1 atom stereocenters. The molecule has 1 aliphatic heterocycles. The summed E-state index contributed by atoms with van der Waals surface area (Å²) in [4.78, 5) is 0. The zero-order valence-corrected chi connectivity index (χ0v) is 11.8. The number of nitrogens with zero attached hydrogens (tertiary/aromatic N) is 2. The molecule has 0 radical (unpaired) electrons. The Kier molecular flexibility index (Phi) is 4.74. The Hall–Kier alpha value is -0.470. The lowest BCUT2D eigenvalue weighted by molar-refractivity contribution is 0.315. The Morgan fingerprint density at radius 1 is 1.39 bits per heavy atom. The minimum atomic E-state index is -2.16. The number of rotatable bonds is 3. The minimum Gasteiger partial charge on any atom is -0.506 e. The van der Waals surface area contributed by atoms with Crippen LogP contribution in [-0.4, -0.2) is 43.5 Å². The maximum atomic E-state index is 11.5. The molecule has 1 saturated heterocycles. The standard InChI is InChI=1S/C10H13ClN2O3S2/c11-9-7-8(1-2-10(9)14)13(18(15)16)12-3-5-17-6-4-12/h1-2,7,14H,3-6H2,(H,15,16). The van der Waals surface area contributed by atoms with Crippen LogP contribution >= 0.6 is 23.4 Å². The molecule has 0 amide bonds. The number of phenols is 1. The van der Waals surface area contributed by atoms with E-state index in [9.17, 15) is 13.9 Å². The summed E-state index contributed by atoms with van der Waals surface area (Å²) in [7, 11) is 0. The van der Waals surface area contributed by atoms with E-state index in [1.54, 1.807) is 6.07 Å². The van der Waals surface area contributed by atoms with Crippen LogP contribution in [0.2, 0.25) is 5.02 Å². The molecular formula is C10H13ClN2O3S2. The summed E-state index contributed by atoms with van der Waals surface area (Å²) in [5.41, 5.74) is 0.491. The number of hydrazine groups is 1. The molecule has 5 nitrogen and oxygen atoms in total. The second-order valence-corrected chi connectivity index (χ2v) is 6.14. The first-order chi connectivity index (χ1) is 8.59. The van der Waals surface area contributed by atoms with Gasteiger partial charge in [0.25, 0.3) is 11.3 Å². The second kappa shape index (κ2) is 6.12. The molecule has 0 aliphatic carbocycles. The van der Waals surface area contributed by atoms with Gasteiger partial charge in [-0.3, -0.25) is 4.55 Å². The van der Waals surface area contributed by atoms with Gasteiger partial charge < -0.3 is 5.11 Å². The van der Waals surface area contributed by atoms with Crippen molar-refractivity contribution in [2.75, 3.05) is 29.0 Å². The first kappa shape index (κ1) is 14.0. The lowest BCUT2D eigenvalue weighted by Gasteiger charge is -2.35.